The number of nitrogens with one attached hydrogen (secondary N) is 1. The Labute approximate surface area is 147 Å². The summed E-state index contributed by atoms with van der Waals surface area (Å²) in [5, 5.41) is 4.65. The molecule has 0 unspecified atom stereocenters. The van der Waals surface area contributed by atoms with Crippen molar-refractivity contribution in [2.45, 2.75) is 26.8 Å². The molecule has 2 aromatic rings. The van der Waals surface area contributed by atoms with Crippen molar-refractivity contribution in [2.75, 3.05) is 51.9 Å². The fraction of sp³-hybridized carbons (Fsp3) is 0.647. The van der Waals surface area contributed by atoms with Gasteiger partial charge in [-0.15, -0.1) is 11.3 Å². The summed E-state index contributed by atoms with van der Waals surface area (Å²) in [6.07, 6.45) is 0.961. The highest BCUT2D eigenvalue weighted by atomic mass is 32.1. The summed E-state index contributed by atoms with van der Waals surface area (Å²) in [7, 11) is 1.73. The van der Waals surface area contributed by atoms with Gasteiger partial charge in [-0.25, -0.2) is 9.97 Å². The zero-order valence-corrected chi connectivity index (χ0v) is 15.5. The average molecular weight is 350 g/mol. The highest BCUT2D eigenvalue weighted by Gasteiger charge is 2.17. The third-order valence-electron chi connectivity index (χ3n) is 4.36. The van der Waals surface area contributed by atoms with Crippen LogP contribution in [-0.2, 0) is 16.0 Å². The van der Waals surface area contributed by atoms with E-state index in [2.05, 4.69) is 24.1 Å². The maximum atomic E-state index is 5.42. The van der Waals surface area contributed by atoms with Crippen molar-refractivity contribution in [2.24, 2.45) is 0 Å². The normalized spacial score (nSPS) is 16.0. The van der Waals surface area contributed by atoms with Gasteiger partial charge in [-0.05, 0) is 25.8 Å². The standard InChI is InChI=1S/C17H26N4O2S/c1-12-13(2)24-17-15(12)16(18-5-4-8-22-3)19-14(20-17)11-21-6-9-23-10-7-21/h4-11H2,1-3H3,(H,18,19,20). The van der Waals surface area contributed by atoms with Crippen LogP contribution in [0.3, 0.4) is 0 Å². The van der Waals surface area contributed by atoms with Crippen LogP contribution in [0.2, 0.25) is 0 Å². The van der Waals surface area contributed by atoms with E-state index in [1.54, 1.807) is 18.4 Å². The Bertz CT molecular complexity index is 683. The number of morpholine rings is 1. The van der Waals surface area contributed by atoms with E-state index >= 15 is 0 Å². The minimum Gasteiger partial charge on any atom is -0.385 e. The number of methoxy groups -OCH3 is 1. The second-order valence-electron chi connectivity index (χ2n) is 6.11. The molecule has 3 rings (SSSR count). The van der Waals surface area contributed by atoms with Crippen LogP contribution in [0.1, 0.15) is 22.7 Å². The lowest BCUT2D eigenvalue weighted by atomic mass is 10.2. The SMILES string of the molecule is COCCCNc1nc(CN2CCOCC2)nc2sc(C)c(C)c12. The van der Waals surface area contributed by atoms with Crippen LogP contribution >= 0.6 is 11.3 Å². The lowest BCUT2D eigenvalue weighted by Crippen LogP contribution is -2.36. The second-order valence-corrected chi connectivity index (χ2v) is 7.32. The summed E-state index contributed by atoms with van der Waals surface area (Å²) in [6, 6.07) is 0. The Morgan fingerprint density at radius 2 is 2.04 bits per heavy atom. The minimum atomic E-state index is 0.753. The Morgan fingerprint density at radius 3 is 2.79 bits per heavy atom. The first kappa shape index (κ1) is 17.5. The van der Waals surface area contributed by atoms with Gasteiger partial charge in [0.15, 0.2) is 0 Å². The topological polar surface area (TPSA) is 59.5 Å². The Hall–Kier alpha value is -1.28. The summed E-state index contributed by atoms with van der Waals surface area (Å²) < 4.78 is 10.6. The molecule has 7 heteroatoms. The summed E-state index contributed by atoms with van der Waals surface area (Å²) in [5.41, 5.74) is 1.28. The maximum Gasteiger partial charge on any atom is 0.146 e. The lowest BCUT2D eigenvalue weighted by Gasteiger charge is -2.25. The van der Waals surface area contributed by atoms with Crippen molar-refractivity contribution in [3.63, 3.8) is 0 Å². The molecule has 132 valence electrons. The number of nitrogens with zero attached hydrogens (tertiary/aromatic N) is 3. The van der Waals surface area contributed by atoms with Gasteiger partial charge in [0.2, 0.25) is 0 Å². The quantitative estimate of drug-likeness (QED) is 0.775. The second kappa shape index (κ2) is 8.20. The first-order valence-electron chi connectivity index (χ1n) is 8.48. The van der Waals surface area contributed by atoms with Gasteiger partial charge in [0.05, 0.1) is 25.1 Å². The van der Waals surface area contributed by atoms with E-state index in [0.717, 1.165) is 68.9 Å². The van der Waals surface area contributed by atoms with Gasteiger partial charge >= 0.3 is 0 Å². The first-order chi connectivity index (χ1) is 11.7. The summed E-state index contributed by atoms with van der Waals surface area (Å²) in [6.45, 7) is 10.2. The molecule has 1 N–H and O–H groups in total. The van der Waals surface area contributed by atoms with Crippen LogP contribution in [0, 0.1) is 13.8 Å². The van der Waals surface area contributed by atoms with Gasteiger partial charge in [-0.3, -0.25) is 4.90 Å². The van der Waals surface area contributed by atoms with Crippen LogP contribution in [0.15, 0.2) is 0 Å². The number of hydrogen-bond acceptors (Lipinski definition) is 7. The van der Waals surface area contributed by atoms with Crippen LogP contribution in [0.5, 0.6) is 0 Å². The summed E-state index contributed by atoms with van der Waals surface area (Å²) in [4.78, 5) is 14.4. The molecule has 0 amide bonds. The number of rotatable bonds is 7. The zero-order chi connectivity index (χ0) is 16.9. The van der Waals surface area contributed by atoms with Crippen molar-refractivity contribution in [1.82, 2.24) is 14.9 Å². The van der Waals surface area contributed by atoms with E-state index in [1.807, 2.05) is 0 Å². The molecule has 24 heavy (non-hydrogen) atoms. The third-order valence-corrected chi connectivity index (χ3v) is 5.46. The van der Waals surface area contributed by atoms with Crippen LogP contribution < -0.4 is 5.32 Å². The zero-order valence-electron chi connectivity index (χ0n) is 14.7. The van der Waals surface area contributed by atoms with Gasteiger partial charge in [0, 0.05) is 38.2 Å². The smallest absolute Gasteiger partial charge is 0.146 e. The molecule has 6 nitrogen and oxygen atoms in total. The molecule has 3 heterocycles. The molecule has 0 bridgehead atoms. The van der Waals surface area contributed by atoms with Crippen molar-refractivity contribution in [1.29, 1.82) is 0 Å². The van der Waals surface area contributed by atoms with Crippen molar-refractivity contribution < 1.29 is 9.47 Å². The molecular formula is C17H26N4O2S. The van der Waals surface area contributed by atoms with Crippen LogP contribution in [-0.4, -0.2) is 61.4 Å². The number of aryl methyl sites for hydroxylation is 2. The molecule has 1 aliphatic heterocycles. The van der Waals surface area contributed by atoms with Gasteiger partial charge in [0.1, 0.15) is 16.5 Å². The molecule has 1 aliphatic rings. The molecule has 0 spiro atoms. The molecule has 1 saturated heterocycles. The first-order valence-corrected chi connectivity index (χ1v) is 9.30. The molecule has 0 radical (unpaired) electrons. The molecule has 0 aromatic carbocycles. The van der Waals surface area contributed by atoms with Crippen LogP contribution in [0.25, 0.3) is 10.2 Å². The van der Waals surface area contributed by atoms with E-state index < -0.39 is 0 Å². The van der Waals surface area contributed by atoms with E-state index in [-0.39, 0.29) is 0 Å². The van der Waals surface area contributed by atoms with Gasteiger partial charge in [-0.2, -0.15) is 0 Å². The number of anilines is 1. The molecule has 2 aromatic heterocycles. The van der Waals surface area contributed by atoms with Crippen molar-refractivity contribution in [3.8, 4) is 0 Å². The molecule has 1 fully saturated rings. The predicted molar refractivity (Wildman–Crippen MR) is 98.0 cm³/mol. The predicted octanol–water partition coefficient (Wildman–Crippen LogP) is 2.59. The maximum absolute atomic E-state index is 5.42. The third kappa shape index (κ3) is 4.03. The van der Waals surface area contributed by atoms with Gasteiger partial charge in [0.25, 0.3) is 0 Å². The number of thiophene rings is 1. The fourth-order valence-corrected chi connectivity index (χ4v) is 3.92. The van der Waals surface area contributed by atoms with Gasteiger partial charge < -0.3 is 14.8 Å². The van der Waals surface area contributed by atoms with Crippen LogP contribution in [0.4, 0.5) is 5.82 Å². The lowest BCUT2D eigenvalue weighted by molar-refractivity contribution is 0.0331. The van der Waals surface area contributed by atoms with E-state index in [4.69, 9.17) is 19.4 Å². The molecular weight excluding hydrogens is 324 g/mol. The molecule has 0 atom stereocenters. The number of aromatic nitrogens is 2. The molecule has 0 saturated carbocycles. The van der Waals surface area contributed by atoms with Crippen molar-refractivity contribution >= 4 is 27.4 Å². The summed E-state index contributed by atoms with van der Waals surface area (Å²) in [5.74, 6) is 1.85. The highest BCUT2D eigenvalue weighted by Crippen LogP contribution is 2.33. The Kier molecular flexibility index (Phi) is 5.99. The van der Waals surface area contributed by atoms with E-state index in [1.165, 1.54) is 15.8 Å². The van der Waals surface area contributed by atoms with E-state index in [9.17, 15) is 0 Å². The fourth-order valence-electron chi connectivity index (χ4n) is 2.88. The van der Waals surface area contributed by atoms with Crippen molar-refractivity contribution in [3.05, 3.63) is 16.3 Å². The van der Waals surface area contributed by atoms with E-state index in [0.29, 0.717) is 0 Å². The largest absolute Gasteiger partial charge is 0.385 e. The van der Waals surface area contributed by atoms with Gasteiger partial charge in [-0.1, -0.05) is 0 Å². The Balaban J connectivity index is 1.84. The average Bonchev–Trinajstić information content (AvgIpc) is 2.87. The number of hydrogen-bond donors (Lipinski definition) is 1. The minimum absolute atomic E-state index is 0.753. The molecule has 0 aliphatic carbocycles. The summed E-state index contributed by atoms with van der Waals surface area (Å²) >= 11 is 1.75. The Morgan fingerprint density at radius 1 is 1.25 bits per heavy atom. The number of ether oxygens (including phenoxy) is 2. The monoisotopic (exact) mass is 350 g/mol. The highest BCUT2D eigenvalue weighted by molar-refractivity contribution is 7.18. The number of fused-ring (bicyclic) bond motifs is 1.